The fourth-order valence-electron chi connectivity index (χ4n) is 3.77. The molecule has 0 amide bonds. The third-order valence-corrected chi connectivity index (χ3v) is 5.76. The number of aromatic nitrogens is 2. The van der Waals surface area contributed by atoms with Gasteiger partial charge in [-0.3, -0.25) is 0 Å². The van der Waals surface area contributed by atoms with E-state index in [1.54, 1.807) is 14.2 Å². The number of halogens is 1. The van der Waals surface area contributed by atoms with Gasteiger partial charge in [0, 0.05) is 20.4 Å². The SMILES string of the molecule is COc1ccc(-c2nc3c4cc(I)ccc4c4ccccc4c3[nH]2)c(OC)c1. The highest BCUT2D eigenvalue weighted by atomic mass is 127. The maximum absolute atomic E-state index is 5.59. The minimum atomic E-state index is 0.724. The number of methoxy groups -OCH3 is 2. The number of imidazole rings is 1. The van der Waals surface area contributed by atoms with E-state index in [9.17, 15) is 0 Å². The van der Waals surface area contributed by atoms with Gasteiger partial charge in [0.1, 0.15) is 17.3 Å². The molecule has 28 heavy (non-hydrogen) atoms. The topological polar surface area (TPSA) is 47.1 Å². The van der Waals surface area contributed by atoms with Gasteiger partial charge in [-0.05, 0) is 57.6 Å². The number of fused-ring (bicyclic) bond motifs is 6. The molecule has 5 rings (SSSR count). The number of H-pyrrole nitrogens is 1. The maximum atomic E-state index is 5.59. The van der Waals surface area contributed by atoms with Crippen LogP contribution in [0.1, 0.15) is 0 Å². The summed E-state index contributed by atoms with van der Waals surface area (Å²) >= 11 is 2.35. The van der Waals surface area contributed by atoms with E-state index in [1.807, 2.05) is 18.2 Å². The molecule has 1 N–H and O–H groups in total. The molecule has 0 aliphatic heterocycles. The van der Waals surface area contributed by atoms with Crippen LogP contribution < -0.4 is 9.47 Å². The molecule has 0 saturated heterocycles. The number of nitrogens with zero attached hydrogens (tertiary/aromatic N) is 1. The van der Waals surface area contributed by atoms with Gasteiger partial charge < -0.3 is 14.5 Å². The molecule has 0 bridgehead atoms. The van der Waals surface area contributed by atoms with Gasteiger partial charge >= 0.3 is 0 Å². The van der Waals surface area contributed by atoms with Gasteiger partial charge in [0.15, 0.2) is 0 Å². The van der Waals surface area contributed by atoms with Crippen LogP contribution in [0.15, 0.2) is 60.7 Å². The Balaban J connectivity index is 1.88. The van der Waals surface area contributed by atoms with Crippen molar-refractivity contribution >= 4 is 55.2 Å². The summed E-state index contributed by atoms with van der Waals surface area (Å²) in [5.74, 6) is 2.26. The van der Waals surface area contributed by atoms with E-state index in [4.69, 9.17) is 14.5 Å². The molecule has 0 aliphatic rings. The van der Waals surface area contributed by atoms with Gasteiger partial charge in [0.25, 0.3) is 0 Å². The Labute approximate surface area is 175 Å². The van der Waals surface area contributed by atoms with Gasteiger partial charge in [0.05, 0.1) is 30.8 Å². The van der Waals surface area contributed by atoms with E-state index in [0.29, 0.717) is 0 Å². The largest absolute Gasteiger partial charge is 0.497 e. The van der Waals surface area contributed by atoms with Gasteiger partial charge in [-0.2, -0.15) is 0 Å². The van der Waals surface area contributed by atoms with E-state index in [0.717, 1.165) is 44.7 Å². The van der Waals surface area contributed by atoms with Crippen molar-refractivity contribution in [3.05, 3.63) is 64.2 Å². The lowest BCUT2D eigenvalue weighted by Gasteiger charge is -2.08. The standard InChI is InChI=1S/C23H17IN2O2/c1-27-14-8-10-18(20(12-14)28-2)23-25-21-17-6-4-3-5-15(17)16-9-7-13(24)11-19(16)22(21)26-23/h3-12H,1-2H3,(H,25,26). The zero-order chi connectivity index (χ0) is 19.3. The zero-order valence-electron chi connectivity index (χ0n) is 15.4. The average molecular weight is 480 g/mol. The molecule has 0 spiro atoms. The zero-order valence-corrected chi connectivity index (χ0v) is 17.6. The quantitative estimate of drug-likeness (QED) is 0.249. The predicted octanol–water partition coefficient (Wildman–Crippen LogP) is 6.16. The monoisotopic (exact) mass is 480 g/mol. The number of aromatic amines is 1. The van der Waals surface area contributed by atoms with Gasteiger partial charge in [-0.1, -0.05) is 30.3 Å². The fourth-order valence-corrected chi connectivity index (χ4v) is 4.26. The molecule has 0 atom stereocenters. The summed E-state index contributed by atoms with van der Waals surface area (Å²) in [7, 11) is 3.31. The first kappa shape index (κ1) is 17.3. The van der Waals surface area contributed by atoms with Crippen LogP contribution >= 0.6 is 22.6 Å². The molecule has 0 unspecified atom stereocenters. The first-order valence-electron chi connectivity index (χ1n) is 8.91. The fraction of sp³-hybridized carbons (Fsp3) is 0.0870. The van der Waals surface area contributed by atoms with E-state index >= 15 is 0 Å². The maximum Gasteiger partial charge on any atom is 0.142 e. The molecule has 5 heteroatoms. The first-order chi connectivity index (χ1) is 13.7. The number of benzene rings is 4. The molecule has 138 valence electrons. The highest BCUT2D eigenvalue weighted by Gasteiger charge is 2.16. The summed E-state index contributed by atoms with van der Waals surface area (Å²) < 4.78 is 12.1. The van der Waals surface area contributed by atoms with Crippen molar-refractivity contribution in [3.8, 4) is 22.9 Å². The van der Waals surface area contributed by atoms with Crippen LogP contribution in [-0.4, -0.2) is 24.2 Å². The Morgan fingerprint density at radius 1 is 0.821 bits per heavy atom. The van der Waals surface area contributed by atoms with Crippen molar-refractivity contribution in [3.63, 3.8) is 0 Å². The highest BCUT2D eigenvalue weighted by molar-refractivity contribution is 14.1. The van der Waals surface area contributed by atoms with Crippen LogP contribution in [0, 0.1) is 3.57 Å². The van der Waals surface area contributed by atoms with Crippen LogP contribution in [0.4, 0.5) is 0 Å². The second kappa shape index (κ2) is 6.67. The van der Waals surface area contributed by atoms with Crippen LogP contribution in [-0.2, 0) is 0 Å². The third-order valence-electron chi connectivity index (χ3n) is 5.09. The minimum Gasteiger partial charge on any atom is -0.497 e. The normalized spacial score (nSPS) is 11.4. The van der Waals surface area contributed by atoms with E-state index in [-0.39, 0.29) is 0 Å². The van der Waals surface area contributed by atoms with Crippen molar-refractivity contribution < 1.29 is 9.47 Å². The molecular formula is C23H17IN2O2. The summed E-state index contributed by atoms with van der Waals surface area (Å²) in [4.78, 5) is 8.53. The Hall–Kier alpha value is -2.80. The van der Waals surface area contributed by atoms with Crippen LogP contribution in [0.2, 0.25) is 0 Å². The molecule has 0 radical (unpaired) electrons. The third kappa shape index (κ3) is 2.61. The molecule has 0 aliphatic carbocycles. The Morgan fingerprint density at radius 3 is 2.39 bits per heavy atom. The van der Waals surface area contributed by atoms with Crippen LogP contribution in [0.3, 0.4) is 0 Å². The Morgan fingerprint density at radius 2 is 1.61 bits per heavy atom. The van der Waals surface area contributed by atoms with Crippen LogP contribution in [0.5, 0.6) is 11.5 Å². The first-order valence-corrected chi connectivity index (χ1v) is 9.99. The minimum absolute atomic E-state index is 0.724. The molecule has 0 saturated carbocycles. The number of nitrogens with one attached hydrogen (secondary N) is 1. The molecule has 0 fully saturated rings. The molecular weight excluding hydrogens is 463 g/mol. The summed E-state index contributed by atoms with van der Waals surface area (Å²) in [5.41, 5.74) is 2.92. The van der Waals surface area contributed by atoms with Crippen LogP contribution in [0.25, 0.3) is 44.0 Å². The molecule has 4 aromatic carbocycles. The summed E-state index contributed by atoms with van der Waals surface area (Å²) in [6.07, 6.45) is 0. The number of ether oxygens (including phenoxy) is 2. The highest BCUT2D eigenvalue weighted by Crippen LogP contribution is 2.38. The lowest BCUT2D eigenvalue weighted by Crippen LogP contribution is -1.91. The average Bonchev–Trinajstić information content (AvgIpc) is 3.19. The Bertz CT molecular complexity index is 1360. The van der Waals surface area contributed by atoms with Crippen molar-refractivity contribution in [2.75, 3.05) is 14.2 Å². The van der Waals surface area contributed by atoms with Crippen molar-refractivity contribution in [1.29, 1.82) is 0 Å². The van der Waals surface area contributed by atoms with Gasteiger partial charge in [-0.25, -0.2) is 4.98 Å². The predicted molar refractivity (Wildman–Crippen MR) is 122 cm³/mol. The van der Waals surface area contributed by atoms with Gasteiger partial charge in [-0.15, -0.1) is 0 Å². The molecule has 1 aromatic heterocycles. The Kier molecular flexibility index (Phi) is 4.12. The summed E-state index contributed by atoms with van der Waals surface area (Å²) in [6.45, 7) is 0. The van der Waals surface area contributed by atoms with E-state index in [1.165, 1.54) is 14.3 Å². The summed E-state index contributed by atoms with van der Waals surface area (Å²) in [6, 6.07) is 20.7. The van der Waals surface area contributed by atoms with Crippen molar-refractivity contribution in [1.82, 2.24) is 9.97 Å². The van der Waals surface area contributed by atoms with Crippen molar-refractivity contribution in [2.24, 2.45) is 0 Å². The molecule has 4 nitrogen and oxygen atoms in total. The summed E-state index contributed by atoms with van der Waals surface area (Å²) in [5, 5.41) is 4.74. The van der Waals surface area contributed by atoms with Gasteiger partial charge in [0.2, 0.25) is 0 Å². The van der Waals surface area contributed by atoms with Crippen molar-refractivity contribution in [2.45, 2.75) is 0 Å². The van der Waals surface area contributed by atoms with E-state index in [2.05, 4.69) is 70.0 Å². The molecule has 5 aromatic rings. The second-order valence-corrected chi connectivity index (χ2v) is 7.86. The lowest BCUT2D eigenvalue weighted by atomic mass is 10.0. The lowest BCUT2D eigenvalue weighted by molar-refractivity contribution is 0.395. The smallest absolute Gasteiger partial charge is 0.142 e. The van der Waals surface area contributed by atoms with E-state index < -0.39 is 0 Å². The molecule has 1 heterocycles. The number of rotatable bonds is 3. The number of hydrogen-bond donors (Lipinski definition) is 1. The number of hydrogen-bond acceptors (Lipinski definition) is 3. The second-order valence-electron chi connectivity index (χ2n) is 6.61.